The van der Waals surface area contributed by atoms with Crippen LogP contribution in [0.1, 0.15) is 43.7 Å². The first kappa shape index (κ1) is 25.7. The molecule has 3 N–H and O–H groups in total. The predicted molar refractivity (Wildman–Crippen MR) is 128 cm³/mol. The Bertz CT molecular complexity index is 1050. The van der Waals surface area contributed by atoms with E-state index in [4.69, 9.17) is 4.74 Å². The van der Waals surface area contributed by atoms with Crippen LogP contribution in [0, 0.1) is 5.92 Å². The van der Waals surface area contributed by atoms with Gasteiger partial charge in [-0.3, -0.25) is 9.59 Å². The van der Waals surface area contributed by atoms with Crippen molar-refractivity contribution in [3.8, 4) is 11.1 Å². The van der Waals surface area contributed by atoms with E-state index in [2.05, 4.69) is 15.4 Å². The molecule has 0 bridgehead atoms. The number of esters is 1. The first-order valence-electron chi connectivity index (χ1n) is 11.4. The van der Waals surface area contributed by atoms with E-state index in [1.165, 1.54) is 0 Å². The summed E-state index contributed by atoms with van der Waals surface area (Å²) in [5.74, 6) is -2.95. The van der Waals surface area contributed by atoms with Gasteiger partial charge in [-0.25, -0.2) is 9.59 Å². The van der Waals surface area contributed by atoms with Crippen molar-refractivity contribution in [2.75, 3.05) is 13.7 Å². The SMILES string of the molecule is COC(=O)C[C@@H](NC(=O)C[C@H](NC(=O)OCC1c2ccccc2-c2ccccc21)C(C)C)C(=O)O. The summed E-state index contributed by atoms with van der Waals surface area (Å²) in [6.07, 6.45) is -1.33. The van der Waals surface area contributed by atoms with Crippen molar-refractivity contribution in [3.63, 3.8) is 0 Å². The van der Waals surface area contributed by atoms with Crippen molar-refractivity contribution in [2.45, 2.75) is 44.7 Å². The van der Waals surface area contributed by atoms with Gasteiger partial charge in [0.1, 0.15) is 12.6 Å². The smallest absolute Gasteiger partial charge is 0.407 e. The number of hydrogen-bond donors (Lipinski definition) is 3. The molecular formula is C26H30N2O7. The summed E-state index contributed by atoms with van der Waals surface area (Å²) < 4.78 is 10.0. The number of carbonyl (C=O) groups is 4. The first-order chi connectivity index (χ1) is 16.7. The average molecular weight is 483 g/mol. The Morgan fingerprint density at radius 1 is 0.914 bits per heavy atom. The van der Waals surface area contributed by atoms with Crippen molar-refractivity contribution in [3.05, 3.63) is 59.7 Å². The Balaban J connectivity index is 1.59. The molecule has 2 aromatic rings. The zero-order valence-corrected chi connectivity index (χ0v) is 19.9. The minimum absolute atomic E-state index is 0.0939. The molecule has 2 atom stereocenters. The van der Waals surface area contributed by atoms with Crippen molar-refractivity contribution in [1.82, 2.24) is 10.6 Å². The van der Waals surface area contributed by atoms with E-state index >= 15 is 0 Å². The molecule has 9 nitrogen and oxygen atoms in total. The fraction of sp³-hybridized carbons (Fsp3) is 0.385. The molecule has 0 radical (unpaired) electrons. The number of hydrogen-bond acceptors (Lipinski definition) is 6. The van der Waals surface area contributed by atoms with Crippen LogP contribution in [0.5, 0.6) is 0 Å². The van der Waals surface area contributed by atoms with Gasteiger partial charge in [0.25, 0.3) is 0 Å². The van der Waals surface area contributed by atoms with Crippen LogP contribution in [0.15, 0.2) is 48.5 Å². The Kier molecular flexibility index (Phi) is 8.46. The lowest BCUT2D eigenvalue weighted by Gasteiger charge is -2.23. The number of aliphatic carboxylic acids is 1. The fourth-order valence-electron chi connectivity index (χ4n) is 4.15. The Hall–Kier alpha value is -3.88. The largest absolute Gasteiger partial charge is 0.480 e. The monoisotopic (exact) mass is 482 g/mol. The molecule has 2 amide bonds. The van der Waals surface area contributed by atoms with Crippen LogP contribution in [0.25, 0.3) is 11.1 Å². The predicted octanol–water partition coefficient (Wildman–Crippen LogP) is 3.07. The molecule has 0 aromatic heterocycles. The van der Waals surface area contributed by atoms with Crippen LogP contribution >= 0.6 is 0 Å². The highest BCUT2D eigenvalue weighted by molar-refractivity contribution is 5.87. The fourth-order valence-corrected chi connectivity index (χ4v) is 4.15. The van der Waals surface area contributed by atoms with Crippen molar-refractivity contribution in [2.24, 2.45) is 5.92 Å². The second-order valence-corrected chi connectivity index (χ2v) is 8.76. The van der Waals surface area contributed by atoms with E-state index in [9.17, 15) is 24.3 Å². The number of fused-ring (bicyclic) bond motifs is 3. The maximum absolute atomic E-state index is 12.6. The van der Waals surface area contributed by atoms with Gasteiger partial charge in [0.15, 0.2) is 0 Å². The highest BCUT2D eigenvalue weighted by Gasteiger charge is 2.30. The minimum Gasteiger partial charge on any atom is -0.480 e. The van der Waals surface area contributed by atoms with Gasteiger partial charge in [-0.05, 0) is 28.2 Å². The van der Waals surface area contributed by atoms with Crippen molar-refractivity contribution in [1.29, 1.82) is 0 Å². The van der Waals surface area contributed by atoms with E-state index in [0.29, 0.717) is 0 Å². The molecule has 0 unspecified atom stereocenters. The zero-order valence-electron chi connectivity index (χ0n) is 19.9. The summed E-state index contributed by atoms with van der Waals surface area (Å²) >= 11 is 0. The Morgan fingerprint density at radius 3 is 2.00 bits per heavy atom. The number of rotatable bonds is 10. The molecule has 0 saturated carbocycles. The third-order valence-electron chi connectivity index (χ3n) is 6.09. The number of methoxy groups -OCH3 is 1. The summed E-state index contributed by atoms with van der Waals surface area (Å²) in [6.45, 7) is 3.78. The normalized spacial score (nSPS) is 13.8. The third-order valence-corrected chi connectivity index (χ3v) is 6.09. The van der Waals surface area contributed by atoms with Gasteiger partial charge in [0.05, 0.1) is 13.5 Å². The minimum atomic E-state index is -1.42. The van der Waals surface area contributed by atoms with Crippen molar-refractivity contribution < 1.29 is 33.8 Å². The Labute approximate surface area is 203 Å². The number of carbonyl (C=O) groups excluding carboxylic acids is 3. The number of nitrogens with one attached hydrogen (secondary N) is 2. The van der Waals surface area contributed by atoms with Gasteiger partial charge in [0.2, 0.25) is 5.91 Å². The molecule has 0 aliphatic heterocycles. The van der Waals surface area contributed by atoms with Gasteiger partial charge in [-0.1, -0.05) is 62.4 Å². The highest BCUT2D eigenvalue weighted by Crippen LogP contribution is 2.44. The maximum atomic E-state index is 12.6. The highest BCUT2D eigenvalue weighted by atomic mass is 16.5. The second-order valence-electron chi connectivity index (χ2n) is 8.76. The van der Waals surface area contributed by atoms with Crippen LogP contribution in [0.2, 0.25) is 0 Å². The second kappa shape index (κ2) is 11.5. The summed E-state index contributed by atoms with van der Waals surface area (Å²) in [5, 5.41) is 14.3. The lowest BCUT2D eigenvalue weighted by Crippen LogP contribution is -2.47. The topological polar surface area (TPSA) is 131 Å². The molecule has 0 spiro atoms. The van der Waals surface area contributed by atoms with E-state index in [0.717, 1.165) is 29.4 Å². The van der Waals surface area contributed by atoms with Gasteiger partial charge in [-0.15, -0.1) is 0 Å². The first-order valence-corrected chi connectivity index (χ1v) is 11.4. The van der Waals surface area contributed by atoms with E-state index in [1.54, 1.807) is 0 Å². The van der Waals surface area contributed by atoms with E-state index < -0.39 is 42.4 Å². The number of amides is 2. The van der Waals surface area contributed by atoms with Crippen LogP contribution in [-0.4, -0.2) is 54.8 Å². The van der Waals surface area contributed by atoms with E-state index in [-0.39, 0.29) is 24.9 Å². The molecule has 0 saturated heterocycles. The molecule has 2 aromatic carbocycles. The van der Waals surface area contributed by atoms with E-state index in [1.807, 2.05) is 62.4 Å². The number of carboxylic acid groups (broad SMARTS) is 1. The van der Waals surface area contributed by atoms with Crippen LogP contribution in [-0.2, 0) is 23.9 Å². The molecular weight excluding hydrogens is 452 g/mol. The number of ether oxygens (including phenoxy) is 2. The molecule has 0 fully saturated rings. The Morgan fingerprint density at radius 2 is 1.49 bits per heavy atom. The van der Waals surface area contributed by atoms with Gasteiger partial charge in [0, 0.05) is 18.4 Å². The van der Waals surface area contributed by atoms with Gasteiger partial charge >= 0.3 is 18.0 Å². The summed E-state index contributed by atoms with van der Waals surface area (Å²) in [7, 11) is 1.14. The molecule has 186 valence electrons. The quantitative estimate of drug-likeness (QED) is 0.444. The maximum Gasteiger partial charge on any atom is 0.407 e. The molecule has 1 aliphatic rings. The molecule has 3 rings (SSSR count). The zero-order chi connectivity index (χ0) is 25.5. The van der Waals surface area contributed by atoms with Gasteiger partial charge < -0.3 is 25.2 Å². The number of benzene rings is 2. The molecule has 0 heterocycles. The summed E-state index contributed by atoms with van der Waals surface area (Å²) in [4.78, 5) is 47.8. The average Bonchev–Trinajstić information content (AvgIpc) is 3.15. The van der Waals surface area contributed by atoms with Gasteiger partial charge in [-0.2, -0.15) is 0 Å². The lowest BCUT2D eigenvalue weighted by molar-refractivity contribution is -0.148. The molecule has 35 heavy (non-hydrogen) atoms. The number of alkyl carbamates (subject to hydrolysis) is 1. The van der Waals surface area contributed by atoms with Crippen LogP contribution in [0.4, 0.5) is 4.79 Å². The lowest BCUT2D eigenvalue weighted by atomic mass is 9.98. The standard InChI is InChI=1S/C26H30N2O7/c1-15(2)21(12-23(29)27-22(25(31)32)13-24(30)34-3)28-26(33)35-14-20-18-10-6-4-8-16(18)17-9-5-7-11-19(17)20/h4-11,15,20-22H,12-14H2,1-3H3,(H,27,29)(H,28,33)(H,31,32)/t21-,22+/m0/s1. The molecule has 9 heteroatoms. The summed E-state index contributed by atoms with van der Waals surface area (Å²) in [6, 6.07) is 14.0. The molecule has 1 aliphatic carbocycles. The third kappa shape index (κ3) is 6.38. The number of carboxylic acids is 1. The van der Waals surface area contributed by atoms with Crippen LogP contribution in [0.3, 0.4) is 0 Å². The van der Waals surface area contributed by atoms with Crippen LogP contribution < -0.4 is 10.6 Å². The van der Waals surface area contributed by atoms with Crippen molar-refractivity contribution >= 4 is 23.9 Å². The summed E-state index contributed by atoms with van der Waals surface area (Å²) in [5.41, 5.74) is 4.42.